The van der Waals surface area contributed by atoms with Gasteiger partial charge in [0, 0.05) is 10.0 Å². The van der Waals surface area contributed by atoms with Crippen molar-refractivity contribution in [3.63, 3.8) is 0 Å². The molecule has 0 unspecified atom stereocenters. The number of alkyl halides is 1. The predicted molar refractivity (Wildman–Crippen MR) is 75.2 cm³/mol. The Labute approximate surface area is 123 Å². The molecule has 0 amide bonds. The summed E-state index contributed by atoms with van der Waals surface area (Å²) < 4.78 is 19.5. The highest BCUT2D eigenvalue weighted by Gasteiger charge is 2.08. The Morgan fingerprint density at radius 1 is 1.11 bits per heavy atom. The molecule has 0 N–H and O–H groups in total. The molecule has 0 aliphatic heterocycles. The minimum atomic E-state index is -0.402. The molecule has 0 atom stereocenters. The Morgan fingerprint density at radius 3 is 2.50 bits per heavy atom. The second kappa shape index (κ2) is 5.91. The Morgan fingerprint density at radius 2 is 1.83 bits per heavy atom. The maximum absolute atomic E-state index is 12.9. The Balaban J connectivity index is 2.33. The van der Waals surface area contributed by atoms with Gasteiger partial charge in [0.15, 0.2) is 0 Å². The van der Waals surface area contributed by atoms with Crippen LogP contribution in [0, 0.1) is 5.82 Å². The molecule has 0 bridgehead atoms. The number of hydrogen-bond donors (Lipinski definition) is 0. The zero-order valence-electron chi connectivity index (χ0n) is 9.09. The van der Waals surface area contributed by atoms with Gasteiger partial charge in [-0.2, -0.15) is 0 Å². The van der Waals surface area contributed by atoms with Crippen LogP contribution in [-0.2, 0) is 5.88 Å². The fourth-order valence-electron chi connectivity index (χ4n) is 1.43. The van der Waals surface area contributed by atoms with Gasteiger partial charge in [-0.25, -0.2) is 4.39 Å². The largest absolute Gasteiger partial charge is 0.455 e. The summed E-state index contributed by atoms with van der Waals surface area (Å²) in [6, 6.07) is 9.46. The van der Waals surface area contributed by atoms with Gasteiger partial charge >= 0.3 is 0 Å². The molecule has 1 nitrogen and oxygen atoms in total. The van der Waals surface area contributed by atoms with Crippen molar-refractivity contribution in [3.05, 3.63) is 57.3 Å². The van der Waals surface area contributed by atoms with Crippen LogP contribution in [0.15, 0.2) is 40.9 Å². The van der Waals surface area contributed by atoms with Gasteiger partial charge in [0.05, 0.1) is 10.9 Å². The predicted octanol–water partition coefficient (Wildman–Crippen LogP) is 5.77. The summed E-state index contributed by atoms with van der Waals surface area (Å²) in [4.78, 5) is 0. The molecule has 94 valence electrons. The summed E-state index contributed by atoms with van der Waals surface area (Å²) >= 11 is 15.1. The number of rotatable bonds is 3. The molecule has 0 fully saturated rings. The molecule has 0 aliphatic rings. The highest BCUT2D eigenvalue weighted by Crippen LogP contribution is 2.33. The van der Waals surface area contributed by atoms with Gasteiger partial charge in [-0.3, -0.25) is 0 Å². The second-order valence-corrected chi connectivity index (χ2v) is 5.15. The van der Waals surface area contributed by atoms with E-state index in [1.807, 2.05) is 12.1 Å². The highest BCUT2D eigenvalue weighted by atomic mass is 79.9. The van der Waals surface area contributed by atoms with Gasteiger partial charge in [0.25, 0.3) is 0 Å². The van der Waals surface area contributed by atoms with Crippen LogP contribution in [0.5, 0.6) is 11.5 Å². The Bertz CT molecular complexity index is 575. The molecule has 0 saturated carbocycles. The van der Waals surface area contributed by atoms with E-state index >= 15 is 0 Å². The van der Waals surface area contributed by atoms with Crippen molar-refractivity contribution in [2.45, 2.75) is 5.88 Å². The summed E-state index contributed by atoms with van der Waals surface area (Å²) in [5.74, 6) is 0.905. The molecule has 0 aromatic heterocycles. The Hall–Kier alpha value is -0.770. The highest BCUT2D eigenvalue weighted by molar-refractivity contribution is 9.10. The molecule has 0 saturated heterocycles. The third kappa shape index (κ3) is 3.16. The molecule has 0 heterocycles. The van der Waals surface area contributed by atoms with Crippen molar-refractivity contribution in [3.8, 4) is 11.5 Å². The maximum atomic E-state index is 12.9. The van der Waals surface area contributed by atoms with Crippen molar-refractivity contribution in [2.75, 3.05) is 0 Å². The van der Waals surface area contributed by atoms with Gasteiger partial charge in [-0.05, 0) is 36.4 Å². The van der Waals surface area contributed by atoms with Gasteiger partial charge in [-0.1, -0.05) is 27.5 Å². The van der Waals surface area contributed by atoms with Crippen LogP contribution < -0.4 is 4.74 Å². The lowest BCUT2D eigenvalue weighted by molar-refractivity contribution is 0.476. The summed E-state index contributed by atoms with van der Waals surface area (Å²) in [5, 5.41) is 0.221. The van der Waals surface area contributed by atoms with E-state index in [0.29, 0.717) is 17.4 Å². The molecule has 2 aromatic carbocycles. The van der Waals surface area contributed by atoms with Gasteiger partial charge in [-0.15, -0.1) is 11.6 Å². The molecule has 18 heavy (non-hydrogen) atoms. The van der Waals surface area contributed by atoms with Crippen LogP contribution in [0.2, 0.25) is 5.02 Å². The summed E-state index contributed by atoms with van der Waals surface area (Å²) in [7, 11) is 0. The molecule has 0 aliphatic carbocycles. The molecule has 2 rings (SSSR count). The van der Waals surface area contributed by atoms with Crippen molar-refractivity contribution < 1.29 is 9.13 Å². The molecule has 0 radical (unpaired) electrons. The van der Waals surface area contributed by atoms with Crippen molar-refractivity contribution in [2.24, 2.45) is 0 Å². The van der Waals surface area contributed by atoms with E-state index < -0.39 is 5.82 Å². The van der Waals surface area contributed by atoms with E-state index in [0.717, 1.165) is 10.0 Å². The van der Waals surface area contributed by atoms with E-state index in [-0.39, 0.29) is 5.02 Å². The monoisotopic (exact) mass is 348 g/mol. The van der Waals surface area contributed by atoms with Crippen LogP contribution >= 0.6 is 39.1 Å². The maximum Gasteiger partial charge on any atom is 0.146 e. The van der Waals surface area contributed by atoms with E-state index in [4.69, 9.17) is 27.9 Å². The molecule has 2 aromatic rings. The van der Waals surface area contributed by atoms with Crippen LogP contribution in [0.3, 0.4) is 0 Å². The third-order valence-electron chi connectivity index (χ3n) is 2.28. The zero-order chi connectivity index (χ0) is 13.1. The first kappa shape index (κ1) is 13.7. The summed E-state index contributed by atoms with van der Waals surface area (Å²) in [6.07, 6.45) is 0. The first-order valence-corrected chi connectivity index (χ1v) is 6.78. The molecular weight excluding hydrogens is 342 g/mol. The van der Waals surface area contributed by atoms with Crippen LogP contribution in [0.1, 0.15) is 5.56 Å². The topological polar surface area (TPSA) is 9.23 Å². The average molecular weight is 350 g/mol. The van der Waals surface area contributed by atoms with E-state index in [1.54, 1.807) is 6.07 Å². The van der Waals surface area contributed by atoms with Crippen molar-refractivity contribution in [1.82, 2.24) is 0 Å². The van der Waals surface area contributed by atoms with Crippen molar-refractivity contribution in [1.29, 1.82) is 0 Å². The third-order valence-corrected chi connectivity index (χ3v) is 3.36. The number of ether oxygens (including phenoxy) is 1. The van der Waals surface area contributed by atoms with Crippen molar-refractivity contribution >= 4 is 39.1 Å². The van der Waals surface area contributed by atoms with E-state index in [1.165, 1.54) is 18.2 Å². The van der Waals surface area contributed by atoms with E-state index in [9.17, 15) is 4.39 Å². The summed E-state index contributed by atoms with van der Waals surface area (Å²) in [5.41, 5.74) is 0.825. The minimum Gasteiger partial charge on any atom is -0.455 e. The fraction of sp³-hybridized carbons (Fsp3) is 0.0769. The summed E-state index contributed by atoms with van der Waals surface area (Å²) in [6.45, 7) is 0. The lowest BCUT2D eigenvalue weighted by atomic mass is 10.2. The standard InChI is InChI=1S/C13H8BrCl2FO/c14-9-1-3-12(8(5-9)7-15)18-13-4-2-10(17)6-11(13)16/h1-6H,7H2. The van der Waals surface area contributed by atoms with Crippen LogP contribution in [0.25, 0.3) is 0 Å². The minimum absolute atomic E-state index is 0.221. The first-order chi connectivity index (χ1) is 8.60. The normalized spacial score (nSPS) is 10.4. The van der Waals surface area contributed by atoms with Gasteiger partial charge < -0.3 is 4.74 Å². The lowest BCUT2D eigenvalue weighted by Crippen LogP contribution is -1.91. The fourth-order valence-corrected chi connectivity index (χ4v) is 2.25. The molecule has 0 spiro atoms. The van der Waals surface area contributed by atoms with Crippen LogP contribution in [-0.4, -0.2) is 0 Å². The zero-order valence-corrected chi connectivity index (χ0v) is 12.2. The molecular formula is C13H8BrCl2FO. The number of benzene rings is 2. The van der Waals surface area contributed by atoms with Gasteiger partial charge in [0.2, 0.25) is 0 Å². The first-order valence-electron chi connectivity index (χ1n) is 5.07. The lowest BCUT2D eigenvalue weighted by Gasteiger charge is -2.11. The average Bonchev–Trinajstić information content (AvgIpc) is 2.34. The second-order valence-electron chi connectivity index (χ2n) is 3.56. The smallest absolute Gasteiger partial charge is 0.146 e. The number of hydrogen-bond acceptors (Lipinski definition) is 1. The quantitative estimate of drug-likeness (QED) is 0.639. The van der Waals surface area contributed by atoms with Crippen LogP contribution in [0.4, 0.5) is 4.39 Å². The van der Waals surface area contributed by atoms with Gasteiger partial charge in [0.1, 0.15) is 17.3 Å². The van der Waals surface area contributed by atoms with E-state index in [2.05, 4.69) is 15.9 Å². The SMILES string of the molecule is Fc1ccc(Oc2ccc(Br)cc2CCl)c(Cl)c1. The number of halogens is 4. The Kier molecular flexibility index (Phi) is 4.49. The molecule has 5 heteroatoms.